The van der Waals surface area contributed by atoms with E-state index in [0.29, 0.717) is 18.7 Å². The summed E-state index contributed by atoms with van der Waals surface area (Å²) in [6.07, 6.45) is 0. The number of benzene rings is 1. The standard InChI is InChI=1S/C16H20FN5O/c17-14-4-2-1-3-13(14)12-9-22-16(23-11-12)15(19-20-22)10-21-7-5-18-6-8-21/h1-4,12,18H,5-11H2. The summed E-state index contributed by atoms with van der Waals surface area (Å²) < 4.78 is 21.6. The van der Waals surface area contributed by atoms with Crippen LogP contribution in [0, 0.1) is 5.82 Å². The Morgan fingerprint density at radius 2 is 2.09 bits per heavy atom. The predicted molar refractivity (Wildman–Crippen MR) is 82.8 cm³/mol. The van der Waals surface area contributed by atoms with E-state index in [1.807, 2.05) is 12.1 Å². The molecule has 1 aromatic carbocycles. The highest BCUT2D eigenvalue weighted by Gasteiger charge is 2.28. The molecule has 0 saturated carbocycles. The van der Waals surface area contributed by atoms with Gasteiger partial charge < -0.3 is 10.1 Å². The molecular formula is C16H20FN5O. The van der Waals surface area contributed by atoms with Gasteiger partial charge in [0.2, 0.25) is 5.88 Å². The molecule has 6 nitrogen and oxygen atoms in total. The third-order valence-electron chi connectivity index (χ3n) is 4.50. The zero-order valence-electron chi connectivity index (χ0n) is 12.9. The normalized spacial score (nSPS) is 21.7. The van der Waals surface area contributed by atoms with E-state index < -0.39 is 0 Å². The summed E-state index contributed by atoms with van der Waals surface area (Å²) in [6, 6.07) is 6.86. The highest BCUT2D eigenvalue weighted by Crippen LogP contribution is 2.30. The molecule has 1 atom stereocenters. The number of rotatable bonds is 3. The van der Waals surface area contributed by atoms with Crippen molar-refractivity contribution in [3.63, 3.8) is 0 Å². The Hall–Kier alpha value is -1.99. The summed E-state index contributed by atoms with van der Waals surface area (Å²) in [7, 11) is 0. The second-order valence-corrected chi connectivity index (χ2v) is 6.08. The Bertz CT molecular complexity index is 683. The van der Waals surface area contributed by atoms with Crippen LogP contribution in [0.1, 0.15) is 17.2 Å². The Balaban J connectivity index is 1.50. The second kappa shape index (κ2) is 6.25. The summed E-state index contributed by atoms with van der Waals surface area (Å²) in [5, 5.41) is 11.8. The molecule has 1 fully saturated rings. The first-order valence-corrected chi connectivity index (χ1v) is 8.04. The average molecular weight is 317 g/mol. The lowest BCUT2D eigenvalue weighted by Gasteiger charge is -2.28. The molecule has 2 aliphatic heterocycles. The molecule has 0 aliphatic carbocycles. The number of nitrogens with zero attached hydrogens (tertiary/aromatic N) is 4. The monoisotopic (exact) mass is 317 g/mol. The molecule has 0 radical (unpaired) electrons. The van der Waals surface area contributed by atoms with Gasteiger partial charge in [0.15, 0.2) is 0 Å². The largest absolute Gasteiger partial charge is 0.476 e. The van der Waals surface area contributed by atoms with Crippen molar-refractivity contribution in [1.29, 1.82) is 0 Å². The molecule has 1 saturated heterocycles. The number of halogens is 1. The maximum Gasteiger partial charge on any atom is 0.237 e. The van der Waals surface area contributed by atoms with Crippen molar-refractivity contribution in [1.82, 2.24) is 25.2 Å². The van der Waals surface area contributed by atoms with Crippen LogP contribution in [-0.2, 0) is 13.1 Å². The van der Waals surface area contributed by atoms with Gasteiger partial charge in [-0.1, -0.05) is 23.4 Å². The van der Waals surface area contributed by atoms with Crippen molar-refractivity contribution < 1.29 is 9.13 Å². The van der Waals surface area contributed by atoms with Crippen LogP contribution < -0.4 is 10.1 Å². The van der Waals surface area contributed by atoms with Gasteiger partial charge in [-0.2, -0.15) is 0 Å². The molecule has 0 bridgehead atoms. The number of hydrogen-bond acceptors (Lipinski definition) is 5. The van der Waals surface area contributed by atoms with Crippen LogP contribution in [0.3, 0.4) is 0 Å². The number of fused-ring (bicyclic) bond motifs is 1. The molecule has 3 heterocycles. The van der Waals surface area contributed by atoms with Crippen molar-refractivity contribution >= 4 is 0 Å². The molecule has 4 rings (SSSR count). The van der Waals surface area contributed by atoms with Gasteiger partial charge in [0, 0.05) is 38.6 Å². The lowest BCUT2D eigenvalue weighted by Crippen LogP contribution is -2.43. The number of piperazine rings is 1. The van der Waals surface area contributed by atoms with Gasteiger partial charge in [-0.25, -0.2) is 9.07 Å². The lowest BCUT2D eigenvalue weighted by atomic mass is 9.99. The minimum atomic E-state index is -0.189. The minimum absolute atomic E-state index is 0.0302. The number of hydrogen-bond donors (Lipinski definition) is 1. The van der Waals surface area contributed by atoms with Crippen molar-refractivity contribution in [3.8, 4) is 5.88 Å². The van der Waals surface area contributed by atoms with Gasteiger partial charge in [0.25, 0.3) is 0 Å². The molecule has 23 heavy (non-hydrogen) atoms. The number of aromatic nitrogens is 3. The van der Waals surface area contributed by atoms with Crippen molar-refractivity contribution in [2.24, 2.45) is 0 Å². The number of ether oxygens (including phenoxy) is 1. The second-order valence-electron chi connectivity index (χ2n) is 6.08. The van der Waals surface area contributed by atoms with Gasteiger partial charge >= 0.3 is 0 Å². The van der Waals surface area contributed by atoms with E-state index >= 15 is 0 Å². The first-order chi connectivity index (χ1) is 11.3. The van der Waals surface area contributed by atoms with Gasteiger partial charge in [0.1, 0.15) is 11.5 Å². The summed E-state index contributed by atoms with van der Waals surface area (Å²) in [5.74, 6) is 0.513. The molecule has 1 aromatic heterocycles. The zero-order chi connectivity index (χ0) is 15.6. The van der Waals surface area contributed by atoms with Crippen molar-refractivity contribution in [2.75, 3.05) is 32.8 Å². The van der Waals surface area contributed by atoms with Crippen LogP contribution in [-0.4, -0.2) is 52.7 Å². The maximum absolute atomic E-state index is 14.0. The van der Waals surface area contributed by atoms with E-state index in [1.165, 1.54) is 6.07 Å². The van der Waals surface area contributed by atoms with E-state index in [1.54, 1.807) is 10.7 Å². The van der Waals surface area contributed by atoms with Gasteiger partial charge in [-0.15, -0.1) is 5.10 Å². The van der Waals surface area contributed by atoms with Crippen LogP contribution in [0.5, 0.6) is 5.88 Å². The third kappa shape index (κ3) is 2.94. The molecule has 7 heteroatoms. The Labute approximate surface area is 134 Å². The lowest BCUT2D eigenvalue weighted by molar-refractivity contribution is 0.190. The van der Waals surface area contributed by atoms with Crippen molar-refractivity contribution in [3.05, 3.63) is 41.3 Å². The molecule has 2 aliphatic rings. The Morgan fingerprint density at radius 3 is 2.91 bits per heavy atom. The fourth-order valence-corrected chi connectivity index (χ4v) is 3.23. The fraction of sp³-hybridized carbons (Fsp3) is 0.500. The van der Waals surface area contributed by atoms with E-state index in [0.717, 1.165) is 44.3 Å². The van der Waals surface area contributed by atoms with Crippen molar-refractivity contribution in [2.45, 2.75) is 19.0 Å². The smallest absolute Gasteiger partial charge is 0.237 e. The fourth-order valence-electron chi connectivity index (χ4n) is 3.23. The van der Waals surface area contributed by atoms with E-state index in [-0.39, 0.29) is 11.7 Å². The molecular weight excluding hydrogens is 297 g/mol. The minimum Gasteiger partial charge on any atom is -0.476 e. The zero-order valence-corrected chi connectivity index (χ0v) is 12.9. The van der Waals surface area contributed by atoms with Crippen LogP contribution in [0.2, 0.25) is 0 Å². The molecule has 1 unspecified atom stereocenters. The van der Waals surface area contributed by atoms with E-state index in [4.69, 9.17) is 4.74 Å². The molecule has 0 spiro atoms. The summed E-state index contributed by atoms with van der Waals surface area (Å²) in [6.45, 7) is 5.82. The van der Waals surface area contributed by atoms with Crippen LogP contribution in [0.4, 0.5) is 4.39 Å². The molecule has 2 aromatic rings. The number of nitrogens with one attached hydrogen (secondary N) is 1. The van der Waals surface area contributed by atoms with Crippen LogP contribution in [0.15, 0.2) is 24.3 Å². The Morgan fingerprint density at radius 1 is 1.26 bits per heavy atom. The predicted octanol–water partition coefficient (Wildman–Crippen LogP) is 0.999. The first kappa shape index (κ1) is 14.6. The van der Waals surface area contributed by atoms with E-state index in [2.05, 4.69) is 20.5 Å². The summed E-state index contributed by atoms with van der Waals surface area (Å²) in [5.41, 5.74) is 1.55. The van der Waals surface area contributed by atoms with Crippen LogP contribution in [0.25, 0.3) is 0 Å². The first-order valence-electron chi connectivity index (χ1n) is 8.04. The van der Waals surface area contributed by atoms with Gasteiger partial charge in [0.05, 0.1) is 13.2 Å². The summed E-state index contributed by atoms with van der Waals surface area (Å²) >= 11 is 0. The highest BCUT2D eigenvalue weighted by molar-refractivity contribution is 5.25. The quantitative estimate of drug-likeness (QED) is 0.915. The van der Waals surface area contributed by atoms with Gasteiger partial charge in [-0.3, -0.25) is 4.90 Å². The van der Waals surface area contributed by atoms with E-state index in [9.17, 15) is 4.39 Å². The summed E-state index contributed by atoms with van der Waals surface area (Å²) in [4.78, 5) is 2.34. The molecule has 122 valence electrons. The topological polar surface area (TPSA) is 55.2 Å². The SMILES string of the molecule is Fc1ccccc1C1COc2c(CN3CCNCC3)nnn2C1. The highest BCUT2D eigenvalue weighted by atomic mass is 19.1. The maximum atomic E-state index is 14.0. The average Bonchev–Trinajstić information content (AvgIpc) is 2.98. The third-order valence-corrected chi connectivity index (χ3v) is 4.50. The molecule has 0 amide bonds. The van der Waals surface area contributed by atoms with Gasteiger partial charge in [-0.05, 0) is 11.6 Å². The van der Waals surface area contributed by atoms with Crippen LogP contribution >= 0.6 is 0 Å². The molecule has 1 N–H and O–H groups in total. The Kier molecular flexibility index (Phi) is 3.97.